The molecular weight excluding hydrogens is 264 g/mol. The third-order valence-electron chi connectivity index (χ3n) is 2.58. The van der Waals surface area contributed by atoms with Gasteiger partial charge in [-0.3, -0.25) is 5.32 Å². The third kappa shape index (κ3) is 2.32. The quantitative estimate of drug-likeness (QED) is 0.657. The Balaban J connectivity index is 2.67. The van der Waals surface area contributed by atoms with Gasteiger partial charge >= 0.3 is 0 Å². The summed E-state index contributed by atoms with van der Waals surface area (Å²) >= 11 is 5.90. The number of anilines is 2. The van der Waals surface area contributed by atoms with Crippen molar-refractivity contribution >= 4 is 33.0 Å². The molecule has 17 heavy (non-hydrogen) atoms. The summed E-state index contributed by atoms with van der Waals surface area (Å²) in [7, 11) is -3.91. The minimum Gasteiger partial charge on any atom is -0.397 e. The first kappa shape index (κ1) is 12.4. The molecule has 1 heterocycles. The van der Waals surface area contributed by atoms with Gasteiger partial charge in [-0.1, -0.05) is 11.6 Å². The topological polar surface area (TPSA) is 101 Å². The predicted molar refractivity (Wildman–Crippen MR) is 67.5 cm³/mol. The first-order valence-electron chi connectivity index (χ1n) is 4.97. The Labute approximate surface area is 105 Å². The predicted octanol–water partition coefficient (Wildman–Crippen LogP) is -0.0633. The Morgan fingerprint density at radius 1 is 1.41 bits per heavy atom. The van der Waals surface area contributed by atoms with Gasteiger partial charge in [0.25, 0.3) is 0 Å². The van der Waals surface area contributed by atoms with Crippen LogP contribution in [0.15, 0.2) is 17.0 Å². The third-order valence-corrected chi connectivity index (χ3v) is 3.99. The average molecular weight is 277 g/mol. The number of hydrogen-bond donors (Lipinski definition) is 3. The SMILES string of the molecule is Nc1ccc(Cl)c(S(N)(=O)=O)c1N1CCNC1. The molecular formula is C9H13ClN4O2S. The van der Waals surface area contributed by atoms with Crippen molar-refractivity contribution in [2.24, 2.45) is 5.14 Å². The van der Waals surface area contributed by atoms with Crippen molar-refractivity contribution in [1.29, 1.82) is 0 Å². The molecule has 1 aromatic rings. The first-order chi connectivity index (χ1) is 7.91. The zero-order valence-electron chi connectivity index (χ0n) is 8.98. The minimum absolute atomic E-state index is 0.0867. The number of primary sulfonamides is 1. The number of halogens is 1. The zero-order chi connectivity index (χ0) is 12.6. The van der Waals surface area contributed by atoms with Gasteiger partial charge in [-0.15, -0.1) is 0 Å². The van der Waals surface area contributed by atoms with Crippen LogP contribution >= 0.6 is 11.6 Å². The van der Waals surface area contributed by atoms with Gasteiger partial charge < -0.3 is 10.6 Å². The van der Waals surface area contributed by atoms with Crippen LogP contribution < -0.4 is 21.1 Å². The van der Waals surface area contributed by atoms with E-state index in [-0.39, 0.29) is 9.92 Å². The second-order valence-electron chi connectivity index (χ2n) is 3.78. The molecule has 1 saturated heterocycles. The number of nitrogens with zero attached hydrogens (tertiary/aromatic N) is 1. The molecule has 0 unspecified atom stereocenters. The van der Waals surface area contributed by atoms with Crippen molar-refractivity contribution in [3.63, 3.8) is 0 Å². The number of nitrogen functional groups attached to an aromatic ring is 1. The Bertz CT molecular complexity index is 540. The summed E-state index contributed by atoms with van der Waals surface area (Å²) in [5.41, 5.74) is 6.55. The summed E-state index contributed by atoms with van der Waals surface area (Å²) in [5.74, 6) is 0. The molecule has 1 aliphatic rings. The number of rotatable bonds is 2. The summed E-state index contributed by atoms with van der Waals surface area (Å²) in [5, 5.41) is 8.35. The van der Waals surface area contributed by atoms with Crippen LogP contribution in [0.25, 0.3) is 0 Å². The van der Waals surface area contributed by atoms with E-state index < -0.39 is 10.0 Å². The van der Waals surface area contributed by atoms with Gasteiger partial charge in [0.15, 0.2) is 0 Å². The lowest BCUT2D eigenvalue weighted by molar-refractivity contribution is 0.597. The van der Waals surface area contributed by atoms with Crippen molar-refractivity contribution in [1.82, 2.24) is 5.32 Å². The van der Waals surface area contributed by atoms with Crippen LogP contribution in [0.3, 0.4) is 0 Å². The maximum Gasteiger partial charge on any atom is 0.241 e. The normalized spacial score (nSPS) is 16.5. The lowest BCUT2D eigenvalue weighted by Gasteiger charge is -2.22. The Morgan fingerprint density at radius 3 is 2.65 bits per heavy atom. The second-order valence-corrected chi connectivity index (χ2v) is 5.69. The number of benzene rings is 1. The van der Waals surface area contributed by atoms with E-state index in [4.69, 9.17) is 22.5 Å². The van der Waals surface area contributed by atoms with Crippen molar-refractivity contribution in [3.05, 3.63) is 17.2 Å². The fourth-order valence-electron chi connectivity index (χ4n) is 1.86. The number of sulfonamides is 1. The highest BCUT2D eigenvalue weighted by molar-refractivity contribution is 7.89. The van der Waals surface area contributed by atoms with Crippen LogP contribution in [0.4, 0.5) is 11.4 Å². The highest BCUT2D eigenvalue weighted by Crippen LogP contribution is 2.36. The lowest BCUT2D eigenvalue weighted by atomic mass is 10.2. The Morgan fingerprint density at radius 2 is 2.12 bits per heavy atom. The van der Waals surface area contributed by atoms with E-state index in [0.717, 1.165) is 6.54 Å². The molecule has 94 valence electrons. The molecule has 0 amide bonds. The summed E-state index contributed by atoms with van der Waals surface area (Å²) in [6.45, 7) is 1.94. The molecule has 0 atom stereocenters. The van der Waals surface area contributed by atoms with Crippen LogP contribution in [0, 0.1) is 0 Å². The van der Waals surface area contributed by atoms with Crippen LogP contribution in [-0.2, 0) is 10.0 Å². The van der Waals surface area contributed by atoms with E-state index in [1.807, 2.05) is 0 Å². The Kier molecular flexibility index (Phi) is 3.17. The number of hydrogen-bond acceptors (Lipinski definition) is 5. The Hall–Kier alpha value is -1.02. The first-order valence-corrected chi connectivity index (χ1v) is 6.90. The van der Waals surface area contributed by atoms with E-state index in [0.29, 0.717) is 24.6 Å². The van der Waals surface area contributed by atoms with E-state index >= 15 is 0 Å². The fraction of sp³-hybridized carbons (Fsp3) is 0.333. The van der Waals surface area contributed by atoms with E-state index in [1.165, 1.54) is 6.07 Å². The molecule has 1 aromatic carbocycles. The monoisotopic (exact) mass is 276 g/mol. The molecule has 0 radical (unpaired) electrons. The van der Waals surface area contributed by atoms with Crippen molar-refractivity contribution in [3.8, 4) is 0 Å². The molecule has 2 rings (SSSR count). The van der Waals surface area contributed by atoms with E-state index in [2.05, 4.69) is 5.32 Å². The molecule has 0 spiro atoms. The highest BCUT2D eigenvalue weighted by Gasteiger charge is 2.26. The molecule has 0 aliphatic carbocycles. The summed E-state index contributed by atoms with van der Waals surface area (Å²) in [4.78, 5) is 1.70. The van der Waals surface area contributed by atoms with Crippen molar-refractivity contribution < 1.29 is 8.42 Å². The fourth-order valence-corrected chi connectivity index (χ4v) is 3.19. The molecule has 1 aliphatic heterocycles. The van der Waals surface area contributed by atoms with Gasteiger partial charge in [0.1, 0.15) is 4.90 Å². The van der Waals surface area contributed by atoms with Gasteiger partial charge in [0.2, 0.25) is 10.0 Å². The van der Waals surface area contributed by atoms with Gasteiger partial charge in [0, 0.05) is 13.1 Å². The molecule has 8 heteroatoms. The van der Waals surface area contributed by atoms with Crippen molar-refractivity contribution in [2.75, 3.05) is 30.4 Å². The average Bonchev–Trinajstić information content (AvgIpc) is 2.72. The maximum atomic E-state index is 11.6. The minimum atomic E-state index is -3.91. The summed E-state index contributed by atoms with van der Waals surface area (Å²) in [6.07, 6.45) is 0. The van der Waals surface area contributed by atoms with Gasteiger partial charge in [-0.2, -0.15) is 0 Å². The molecule has 1 fully saturated rings. The number of nitrogens with one attached hydrogen (secondary N) is 1. The molecule has 0 aromatic heterocycles. The number of nitrogens with two attached hydrogens (primary N) is 2. The van der Waals surface area contributed by atoms with Gasteiger partial charge in [0.05, 0.1) is 23.1 Å². The standard InChI is InChI=1S/C9H13ClN4O2S/c10-6-1-2-7(11)8(9(6)17(12,15)16)14-4-3-13-5-14/h1-2,13H,3-5,11H2,(H2,12,15,16). The zero-order valence-corrected chi connectivity index (χ0v) is 10.6. The van der Waals surface area contributed by atoms with Crippen LogP contribution in [0.2, 0.25) is 5.02 Å². The van der Waals surface area contributed by atoms with Gasteiger partial charge in [-0.05, 0) is 12.1 Å². The molecule has 5 N–H and O–H groups in total. The smallest absolute Gasteiger partial charge is 0.241 e. The van der Waals surface area contributed by atoms with E-state index in [1.54, 1.807) is 11.0 Å². The highest BCUT2D eigenvalue weighted by atomic mass is 35.5. The molecule has 6 nitrogen and oxygen atoms in total. The largest absolute Gasteiger partial charge is 0.397 e. The summed E-state index contributed by atoms with van der Waals surface area (Å²) in [6, 6.07) is 3.01. The summed E-state index contributed by atoms with van der Waals surface area (Å²) < 4.78 is 23.1. The van der Waals surface area contributed by atoms with Crippen molar-refractivity contribution in [2.45, 2.75) is 4.90 Å². The van der Waals surface area contributed by atoms with Crippen LogP contribution in [0.1, 0.15) is 0 Å². The maximum absolute atomic E-state index is 11.6. The van der Waals surface area contributed by atoms with Gasteiger partial charge in [-0.25, -0.2) is 13.6 Å². The molecule has 0 saturated carbocycles. The van der Waals surface area contributed by atoms with Crippen LogP contribution in [0.5, 0.6) is 0 Å². The lowest BCUT2D eigenvalue weighted by Crippen LogP contribution is -2.26. The molecule has 0 bridgehead atoms. The van der Waals surface area contributed by atoms with E-state index in [9.17, 15) is 8.42 Å². The van der Waals surface area contributed by atoms with Crippen LogP contribution in [-0.4, -0.2) is 28.2 Å². The second kappa shape index (κ2) is 4.34.